The van der Waals surface area contributed by atoms with Gasteiger partial charge in [0.05, 0.1) is 22.6 Å². The number of fused-ring (bicyclic) bond motifs is 1. The first-order chi connectivity index (χ1) is 22.9. The van der Waals surface area contributed by atoms with Crippen LogP contribution in [0.3, 0.4) is 0 Å². The fourth-order valence-corrected chi connectivity index (χ4v) is 11.4. The van der Waals surface area contributed by atoms with Gasteiger partial charge in [-0.05, 0) is 49.9 Å². The summed E-state index contributed by atoms with van der Waals surface area (Å²) in [5.74, 6) is -3.26. The molecular formula is C34H51Cl2N5O7S. The fraction of sp³-hybridized carbons (Fsp3) is 0.794. The second-order valence-electron chi connectivity index (χ2n) is 15.8. The molecule has 0 aromatic carbocycles. The zero-order chi connectivity index (χ0) is 35.9. The van der Waals surface area contributed by atoms with Gasteiger partial charge in [0.1, 0.15) is 16.4 Å². The Bertz CT molecular complexity index is 1450. The first-order valence-electron chi connectivity index (χ1n) is 17.6. The Balaban J connectivity index is 1.34. The molecule has 0 aromatic heterocycles. The van der Waals surface area contributed by atoms with Crippen LogP contribution in [0.5, 0.6) is 0 Å². The van der Waals surface area contributed by atoms with Gasteiger partial charge < -0.3 is 26.2 Å². The smallest absolute Gasteiger partial charge is 0.315 e. The SMILES string of the molecule is C=CCNC(=O)C(=O)[C@H](CCC1CC1)NC(=O)[C@@H]1[C@@H]2[C@H](CN1C(=O)[C@@H](NC(=O)NC1([C@@H]3CCCS3(=O)=O)CCCCC1)C(C)(C)C)C2(Cl)Cl. The molecule has 0 aromatic rings. The molecule has 15 heteroatoms. The quantitative estimate of drug-likeness (QED) is 0.128. The Kier molecular flexibility index (Phi) is 11.1. The van der Waals surface area contributed by atoms with Gasteiger partial charge in [0.25, 0.3) is 5.91 Å². The summed E-state index contributed by atoms with van der Waals surface area (Å²) >= 11 is 13.2. The Morgan fingerprint density at radius 2 is 1.67 bits per heavy atom. The van der Waals surface area contributed by atoms with Gasteiger partial charge in [0, 0.05) is 24.9 Å². The van der Waals surface area contributed by atoms with Crippen LogP contribution in [-0.2, 0) is 29.0 Å². The van der Waals surface area contributed by atoms with Crippen molar-refractivity contribution < 1.29 is 32.4 Å². The highest BCUT2D eigenvalue weighted by Gasteiger charge is 2.74. The van der Waals surface area contributed by atoms with Gasteiger partial charge in [0.2, 0.25) is 17.6 Å². The molecule has 274 valence electrons. The van der Waals surface area contributed by atoms with Crippen molar-refractivity contribution in [3.63, 3.8) is 0 Å². The lowest BCUT2D eigenvalue weighted by Crippen LogP contribution is -2.65. The number of rotatable bonds is 13. The van der Waals surface area contributed by atoms with E-state index in [1.54, 1.807) is 20.8 Å². The zero-order valence-corrected chi connectivity index (χ0v) is 31.0. The summed E-state index contributed by atoms with van der Waals surface area (Å²) in [6.07, 6.45) is 9.08. The van der Waals surface area contributed by atoms with Crippen LogP contribution in [0.15, 0.2) is 12.7 Å². The van der Waals surface area contributed by atoms with Crippen LogP contribution in [0, 0.1) is 23.2 Å². The zero-order valence-electron chi connectivity index (χ0n) is 28.7. The van der Waals surface area contributed by atoms with Crippen molar-refractivity contribution >= 4 is 62.6 Å². The van der Waals surface area contributed by atoms with Crippen LogP contribution >= 0.6 is 23.2 Å². The summed E-state index contributed by atoms with van der Waals surface area (Å²) in [5.41, 5.74) is -1.73. The highest BCUT2D eigenvalue weighted by atomic mass is 35.5. The number of urea groups is 1. The van der Waals surface area contributed by atoms with E-state index >= 15 is 0 Å². The maximum Gasteiger partial charge on any atom is 0.315 e. The molecule has 0 spiro atoms. The van der Waals surface area contributed by atoms with Gasteiger partial charge in [-0.2, -0.15) is 0 Å². The average molecular weight is 745 g/mol. The number of halogens is 2. The van der Waals surface area contributed by atoms with Gasteiger partial charge in [-0.1, -0.05) is 59.0 Å². The molecule has 3 saturated carbocycles. The molecular weight excluding hydrogens is 693 g/mol. The van der Waals surface area contributed by atoms with Crippen LogP contribution in [0.25, 0.3) is 0 Å². The number of carbonyl (C=O) groups excluding carboxylic acids is 5. The molecule has 2 saturated heterocycles. The molecule has 2 aliphatic heterocycles. The largest absolute Gasteiger partial charge is 0.346 e. The molecule has 0 unspecified atom stereocenters. The van der Waals surface area contributed by atoms with E-state index in [2.05, 4.69) is 27.8 Å². The molecule has 5 aliphatic rings. The Morgan fingerprint density at radius 3 is 2.24 bits per heavy atom. The summed E-state index contributed by atoms with van der Waals surface area (Å²) in [6.45, 7) is 9.09. The maximum atomic E-state index is 14.4. The predicted octanol–water partition coefficient (Wildman–Crippen LogP) is 3.16. The fourth-order valence-electron chi connectivity index (χ4n) is 8.21. The van der Waals surface area contributed by atoms with Crippen LogP contribution in [0.2, 0.25) is 0 Å². The average Bonchev–Trinajstić information content (AvgIpc) is 3.83. The number of likely N-dealkylation sites (tertiary alicyclic amines) is 1. The highest BCUT2D eigenvalue weighted by Crippen LogP contribution is 2.65. The van der Waals surface area contributed by atoms with Crippen LogP contribution < -0.4 is 21.3 Å². The lowest BCUT2D eigenvalue weighted by atomic mass is 9.78. The normalized spacial score (nSPS) is 29.1. The number of alkyl halides is 2. The highest BCUT2D eigenvalue weighted by molar-refractivity contribution is 7.92. The third-order valence-electron chi connectivity index (χ3n) is 11.2. The third kappa shape index (κ3) is 8.08. The first-order valence-corrected chi connectivity index (χ1v) is 20.1. The number of ketones is 1. The second-order valence-corrected chi connectivity index (χ2v) is 19.5. The molecule has 2 heterocycles. The molecule has 4 N–H and O–H groups in total. The van der Waals surface area contributed by atoms with Gasteiger partial charge in [0.15, 0.2) is 9.84 Å². The Hall–Kier alpha value is -2.38. The van der Waals surface area contributed by atoms with Crippen LogP contribution in [0.1, 0.15) is 91.4 Å². The molecule has 0 radical (unpaired) electrons. The number of amides is 5. The summed E-state index contributed by atoms with van der Waals surface area (Å²) in [5, 5.41) is 10.4. The second kappa shape index (κ2) is 14.3. The first kappa shape index (κ1) is 37.9. The molecule has 5 fully saturated rings. The van der Waals surface area contributed by atoms with Crippen molar-refractivity contribution in [2.24, 2.45) is 23.2 Å². The number of piperidine rings is 1. The van der Waals surface area contributed by atoms with Crippen LogP contribution in [0.4, 0.5) is 4.79 Å². The van der Waals surface area contributed by atoms with Gasteiger partial charge >= 0.3 is 6.03 Å². The van der Waals surface area contributed by atoms with E-state index in [1.807, 2.05) is 0 Å². The Labute approximate surface area is 299 Å². The summed E-state index contributed by atoms with van der Waals surface area (Å²) < 4.78 is 24.8. The van der Waals surface area contributed by atoms with Crippen molar-refractivity contribution in [1.29, 1.82) is 0 Å². The van der Waals surface area contributed by atoms with Crippen molar-refractivity contribution in [1.82, 2.24) is 26.2 Å². The van der Waals surface area contributed by atoms with Crippen LogP contribution in [-0.4, -0.2) is 94.9 Å². The molecule has 3 aliphatic carbocycles. The van der Waals surface area contributed by atoms with E-state index in [0.29, 0.717) is 38.0 Å². The molecule has 0 bridgehead atoms. The summed E-state index contributed by atoms with van der Waals surface area (Å²) in [7, 11) is -3.38. The third-order valence-corrected chi connectivity index (χ3v) is 14.6. The number of sulfone groups is 1. The van der Waals surface area contributed by atoms with Gasteiger partial charge in [-0.3, -0.25) is 19.2 Å². The number of hydrogen-bond donors (Lipinski definition) is 4. The van der Waals surface area contributed by atoms with E-state index < -0.39 is 89.9 Å². The number of carbonyl (C=O) groups is 5. The van der Waals surface area contributed by atoms with E-state index in [1.165, 1.54) is 11.0 Å². The van der Waals surface area contributed by atoms with E-state index in [9.17, 15) is 32.4 Å². The monoisotopic (exact) mass is 743 g/mol. The Morgan fingerprint density at radius 1 is 1.00 bits per heavy atom. The minimum absolute atomic E-state index is 0.0647. The number of nitrogens with zero attached hydrogens (tertiary/aromatic N) is 1. The molecule has 5 amide bonds. The number of nitrogens with one attached hydrogen (secondary N) is 4. The van der Waals surface area contributed by atoms with Crippen molar-refractivity contribution in [3.8, 4) is 0 Å². The summed E-state index contributed by atoms with van der Waals surface area (Å²) in [6, 6.07) is -3.97. The van der Waals surface area contributed by atoms with Gasteiger partial charge in [-0.15, -0.1) is 29.8 Å². The van der Waals surface area contributed by atoms with E-state index in [-0.39, 0.29) is 25.3 Å². The lowest BCUT2D eigenvalue weighted by molar-refractivity contribution is -0.144. The standard InChI is InChI=1S/C34H51Cl2N5O7S/c1-5-17-37-29(44)26(42)22(14-13-20-11-12-20)38-28(43)25-24-21(34(24,35)36)19-41(25)30(45)27(32(2,3)4)39-31(46)40-33(15-7-6-8-16-33)23-10-9-18-49(23,47)48/h5,20-25,27H,1,6-19H2,2-4H3,(H,37,44)(H,38,43)(H2,39,40,46)/t21-,22-,23-,24-,25-,27+/m0/s1. The van der Waals surface area contributed by atoms with Crippen molar-refractivity contribution in [3.05, 3.63) is 12.7 Å². The molecule has 6 atom stereocenters. The molecule has 5 rings (SSSR count). The van der Waals surface area contributed by atoms with E-state index in [4.69, 9.17) is 23.2 Å². The lowest BCUT2D eigenvalue weighted by Gasteiger charge is -2.43. The van der Waals surface area contributed by atoms with Crippen molar-refractivity contribution in [2.45, 2.75) is 125 Å². The predicted molar refractivity (Wildman–Crippen MR) is 187 cm³/mol. The molecule has 49 heavy (non-hydrogen) atoms. The van der Waals surface area contributed by atoms with E-state index in [0.717, 1.165) is 32.1 Å². The number of hydrogen-bond acceptors (Lipinski definition) is 7. The summed E-state index contributed by atoms with van der Waals surface area (Å²) in [4.78, 5) is 69.3. The van der Waals surface area contributed by atoms with Gasteiger partial charge in [-0.25, -0.2) is 13.2 Å². The molecule has 12 nitrogen and oxygen atoms in total. The number of Topliss-reactive ketones (excluding diaryl/α,β-unsaturated/α-hetero) is 1. The topological polar surface area (TPSA) is 171 Å². The maximum absolute atomic E-state index is 14.4. The minimum atomic E-state index is -3.38. The minimum Gasteiger partial charge on any atom is -0.346 e. The van der Waals surface area contributed by atoms with Crippen molar-refractivity contribution in [2.75, 3.05) is 18.8 Å².